The second-order valence-electron chi connectivity index (χ2n) is 7.75. The third-order valence-corrected chi connectivity index (χ3v) is 6.30. The molecule has 0 atom stereocenters. The van der Waals surface area contributed by atoms with E-state index in [0.717, 1.165) is 37.8 Å². The lowest BCUT2D eigenvalue weighted by atomic mass is 9.95. The van der Waals surface area contributed by atoms with Gasteiger partial charge in [0.1, 0.15) is 5.82 Å². The third-order valence-electron chi connectivity index (χ3n) is 5.36. The highest BCUT2D eigenvalue weighted by molar-refractivity contribution is 7.98. The summed E-state index contributed by atoms with van der Waals surface area (Å²) in [5.41, 5.74) is 11.0. The molecular weight excluding hydrogens is 455 g/mol. The average molecular weight is 480 g/mol. The first-order valence-electron chi connectivity index (χ1n) is 10.5. The van der Waals surface area contributed by atoms with E-state index in [1.54, 1.807) is 6.07 Å². The molecule has 1 aliphatic rings. The van der Waals surface area contributed by atoms with Crippen LogP contribution in [0.3, 0.4) is 0 Å². The Hall–Kier alpha value is -3.09. The van der Waals surface area contributed by atoms with E-state index in [-0.39, 0.29) is 24.5 Å². The van der Waals surface area contributed by atoms with Gasteiger partial charge in [-0.15, -0.1) is 10.2 Å². The van der Waals surface area contributed by atoms with E-state index in [0.29, 0.717) is 28.2 Å². The Morgan fingerprint density at radius 1 is 1.03 bits per heavy atom. The number of anilines is 3. The van der Waals surface area contributed by atoms with Gasteiger partial charge >= 0.3 is 6.18 Å². The number of nitrogens with zero attached hydrogens (tertiary/aromatic N) is 6. The summed E-state index contributed by atoms with van der Waals surface area (Å²) in [5, 5.41) is 12.4. The minimum absolute atomic E-state index is 0.0535. The van der Waals surface area contributed by atoms with Crippen LogP contribution in [0.4, 0.5) is 30.8 Å². The lowest BCUT2D eigenvalue weighted by molar-refractivity contribution is -0.137. The number of hydrogen-bond donors (Lipinski definition) is 3. The van der Waals surface area contributed by atoms with Crippen LogP contribution in [0.25, 0.3) is 0 Å². The molecule has 1 aromatic carbocycles. The van der Waals surface area contributed by atoms with Gasteiger partial charge in [-0.1, -0.05) is 37.1 Å². The maximum Gasteiger partial charge on any atom is 0.416 e. The lowest BCUT2D eigenvalue weighted by Crippen LogP contribution is -2.18. The van der Waals surface area contributed by atoms with E-state index in [4.69, 9.17) is 11.5 Å². The van der Waals surface area contributed by atoms with Crippen LogP contribution in [0.2, 0.25) is 0 Å². The molecule has 176 valence electrons. The molecule has 0 radical (unpaired) electrons. The van der Waals surface area contributed by atoms with E-state index >= 15 is 0 Å². The largest absolute Gasteiger partial charge is 0.416 e. The highest BCUT2D eigenvalue weighted by atomic mass is 32.2. The summed E-state index contributed by atoms with van der Waals surface area (Å²) >= 11 is 1.41. The molecule has 1 fully saturated rings. The normalized spacial score (nSPS) is 15.0. The highest BCUT2D eigenvalue weighted by Crippen LogP contribution is 2.34. The summed E-state index contributed by atoms with van der Waals surface area (Å²) in [7, 11) is 0. The Bertz CT molecular complexity index is 1080. The molecule has 0 bridgehead atoms. The number of hydrogen-bond acceptors (Lipinski definition) is 9. The fourth-order valence-electron chi connectivity index (χ4n) is 3.87. The molecule has 2 aromatic heterocycles. The lowest BCUT2D eigenvalue weighted by Gasteiger charge is -2.25. The molecule has 0 spiro atoms. The number of nitrogen functional groups attached to an aromatic ring is 2. The minimum atomic E-state index is -4.40. The molecule has 13 heteroatoms. The van der Waals surface area contributed by atoms with Gasteiger partial charge in [-0.25, -0.2) is 0 Å². The van der Waals surface area contributed by atoms with E-state index in [9.17, 15) is 13.2 Å². The SMILES string of the molecule is Nc1nc(N)nc(CSc2nnc(CNc3cccc(C(F)(F)F)c3)n2C2CCCCC2)n1. The Labute approximate surface area is 192 Å². The second kappa shape index (κ2) is 9.81. The third kappa shape index (κ3) is 5.83. The molecule has 3 aromatic rings. The molecular formula is C20H24F3N9S. The van der Waals surface area contributed by atoms with Crippen molar-refractivity contribution < 1.29 is 13.2 Å². The summed E-state index contributed by atoms with van der Waals surface area (Å²) in [6, 6.07) is 5.34. The van der Waals surface area contributed by atoms with Gasteiger partial charge in [0.05, 0.1) is 17.9 Å². The number of aromatic nitrogens is 6. The van der Waals surface area contributed by atoms with Crippen LogP contribution in [0.1, 0.15) is 55.4 Å². The maximum atomic E-state index is 13.0. The van der Waals surface area contributed by atoms with Crippen LogP contribution >= 0.6 is 11.8 Å². The maximum absolute atomic E-state index is 13.0. The average Bonchev–Trinajstić information content (AvgIpc) is 3.19. The monoisotopic (exact) mass is 479 g/mol. The first-order valence-corrected chi connectivity index (χ1v) is 11.5. The van der Waals surface area contributed by atoms with Gasteiger partial charge in [-0.3, -0.25) is 0 Å². The first-order chi connectivity index (χ1) is 15.8. The Balaban J connectivity index is 1.53. The van der Waals surface area contributed by atoms with E-state index in [1.165, 1.54) is 24.2 Å². The number of alkyl halides is 3. The zero-order chi connectivity index (χ0) is 23.4. The van der Waals surface area contributed by atoms with Crippen molar-refractivity contribution in [1.82, 2.24) is 29.7 Å². The zero-order valence-corrected chi connectivity index (χ0v) is 18.5. The second-order valence-corrected chi connectivity index (χ2v) is 8.69. The number of rotatable bonds is 7. The quantitative estimate of drug-likeness (QED) is 0.429. The molecule has 2 heterocycles. The van der Waals surface area contributed by atoms with E-state index in [1.807, 2.05) is 0 Å². The number of halogens is 3. The first kappa shape index (κ1) is 23.1. The van der Waals surface area contributed by atoms with Gasteiger partial charge in [0, 0.05) is 11.7 Å². The van der Waals surface area contributed by atoms with Gasteiger partial charge in [0.25, 0.3) is 0 Å². The van der Waals surface area contributed by atoms with Crippen molar-refractivity contribution in [2.45, 2.75) is 61.8 Å². The van der Waals surface area contributed by atoms with Crippen molar-refractivity contribution >= 4 is 29.3 Å². The summed E-state index contributed by atoms with van der Waals surface area (Å²) in [6.07, 6.45) is 0.983. The molecule has 0 saturated heterocycles. The highest BCUT2D eigenvalue weighted by Gasteiger charge is 2.30. The van der Waals surface area contributed by atoms with Crippen LogP contribution in [-0.2, 0) is 18.5 Å². The summed E-state index contributed by atoms with van der Waals surface area (Å²) in [6.45, 7) is 0.247. The molecule has 0 aliphatic heterocycles. The van der Waals surface area contributed by atoms with Gasteiger partial charge in [-0.2, -0.15) is 28.1 Å². The standard InChI is InChI=1S/C20H24F3N9S/c21-20(22,23)12-5-4-6-13(9-12)26-10-16-30-31-19(32(16)14-7-2-1-3-8-14)33-11-15-27-17(24)29-18(25)28-15/h4-6,9,14,26H,1-3,7-8,10-11H2,(H4,24,25,27,28,29). The Morgan fingerprint density at radius 3 is 2.45 bits per heavy atom. The smallest absolute Gasteiger partial charge is 0.378 e. The van der Waals surface area contributed by atoms with Crippen molar-refractivity contribution in [3.8, 4) is 0 Å². The van der Waals surface area contributed by atoms with Crippen LogP contribution in [-0.4, -0.2) is 29.7 Å². The molecule has 5 N–H and O–H groups in total. The number of nitrogens with two attached hydrogens (primary N) is 2. The van der Waals surface area contributed by atoms with E-state index < -0.39 is 11.7 Å². The van der Waals surface area contributed by atoms with Crippen LogP contribution in [0.15, 0.2) is 29.4 Å². The van der Waals surface area contributed by atoms with Crippen LogP contribution < -0.4 is 16.8 Å². The molecule has 0 amide bonds. The fraction of sp³-hybridized carbons (Fsp3) is 0.450. The van der Waals surface area contributed by atoms with Crippen molar-refractivity contribution in [3.63, 3.8) is 0 Å². The molecule has 0 unspecified atom stereocenters. The van der Waals surface area contributed by atoms with Gasteiger partial charge in [0.2, 0.25) is 11.9 Å². The zero-order valence-electron chi connectivity index (χ0n) is 17.7. The summed E-state index contributed by atoms with van der Waals surface area (Å²) in [4.78, 5) is 12.0. The molecule has 9 nitrogen and oxygen atoms in total. The van der Waals surface area contributed by atoms with Gasteiger partial charge in [0.15, 0.2) is 11.0 Å². The molecule has 1 saturated carbocycles. The topological polar surface area (TPSA) is 133 Å². The molecule has 4 rings (SSSR count). The Morgan fingerprint density at radius 2 is 1.76 bits per heavy atom. The minimum Gasteiger partial charge on any atom is -0.378 e. The number of thioether (sulfide) groups is 1. The van der Waals surface area contributed by atoms with Gasteiger partial charge in [-0.05, 0) is 31.0 Å². The predicted molar refractivity (Wildman–Crippen MR) is 119 cm³/mol. The van der Waals surface area contributed by atoms with E-state index in [2.05, 4.69) is 35.0 Å². The van der Waals surface area contributed by atoms with Crippen LogP contribution in [0.5, 0.6) is 0 Å². The predicted octanol–water partition coefficient (Wildman–Crippen LogP) is 4.06. The van der Waals surface area contributed by atoms with Crippen molar-refractivity contribution in [2.75, 3.05) is 16.8 Å². The van der Waals surface area contributed by atoms with Crippen LogP contribution in [0, 0.1) is 0 Å². The number of benzene rings is 1. The molecule has 33 heavy (non-hydrogen) atoms. The van der Waals surface area contributed by atoms with Crippen molar-refractivity contribution in [2.24, 2.45) is 0 Å². The number of nitrogens with one attached hydrogen (secondary N) is 1. The summed E-state index contributed by atoms with van der Waals surface area (Å²) in [5.74, 6) is 1.59. The molecule has 1 aliphatic carbocycles. The van der Waals surface area contributed by atoms with Gasteiger partial charge < -0.3 is 21.4 Å². The van der Waals surface area contributed by atoms with Crippen molar-refractivity contribution in [1.29, 1.82) is 0 Å². The Kier molecular flexibility index (Phi) is 6.86. The summed E-state index contributed by atoms with van der Waals surface area (Å²) < 4.78 is 41.2. The van der Waals surface area contributed by atoms with Crippen molar-refractivity contribution in [3.05, 3.63) is 41.5 Å². The fourth-order valence-corrected chi connectivity index (χ4v) is 4.75.